The Morgan fingerprint density at radius 3 is 2.62 bits per heavy atom. The molecule has 0 aliphatic rings. The molecule has 0 atom stereocenters. The van der Waals surface area contributed by atoms with Crippen molar-refractivity contribution in [1.29, 1.82) is 0 Å². The van der Waals surface area contributed by atoms with Crippen LogP contribution in [-0.2, 0) is 0 Å². The number of fused-ring (bicyclic) bond motifs is 2. The highest BCUT2D eigenvalue weighted by Crippen LogP contribution is 2.40. The zero-order valence-corrected chi connectivity index (χ0v) is 15.7. The number of halogens is 2. The summed E-state index contributed by atoms with van der Waals surface area (Å²) in [5.74, 6) is -0.0818. The zero-order valence-electron chi connectivity index (χ0n) is 14.1. The maximum atomic E-state index is 14.2. The molecule has 0 amide bonds. The lowest BCUT2D eigenvalue weighted by Crippen LogP contribution is -1.93. The predicted molar refractivity (Wildman–Crippen MR) is 101 cm³/mol. The fourth-order valence-corrected chi connectivity index (χ4v) is 4.07. The highest BCUT2D eigenvalue weighted by atomic mass is 35.5. The predicted octanol–water partition coefficient (Wildman–Crippen LogP) is 5.02. The number of aromatic nitrogens is 3. The van der Waals surface area contributed by atoms with Crippen LogP contribution in [0.15, 0.2) is 24.4 Å². The van der Waals surface area contributed by atoms with Gasteiger partial charge in [0.25, 0.3) is 0 Å². The lowest BCUT2D eigenvalue weighted by Gasteiger charge is -2.06. The molecule has 0 saturated heterocycles. The van der Waals surface area contributed by atoms with E-state index in [1.54, 1.807) is 19.4 Å². The van der Waals surface area contributed by atoms with Gasteiger partial charge < -0.3 is 9.47 Å². The lowest BCUT2D eigenvalue weighted by molar-refractivity contribution is 0.387. The minimum Gasteiger partial charge on any atom is -0.494 e. The molecule has 0 fully saturated rings. The first-order chi connectivity index (χ1) is 12.5. The molecular weight excluding hydrogens is 377 g/mol. The van der Waals surface area contributed by atoms with Crippen molar-refractivity contribution in [1.82, 2.24) is 15.0 Å². The van der Waals surface area contributed by atoms with Crippen molar-refractivity contribution in [2.45, 2.75) is 6.92 Å². The normalized spacial score (nSPS) is 11.3. The summed E-state index contributed by atoms with van der Waals surface area (Å²) in [5.41, 5.74) is 3.62. The smallest absolute Gasteiger partial charge is 0.232 e. The third-order valence-electron chi connectivity index (χ3n) is 3.96. The standard InChI is InChI=1S/C18H13ClFN3O2S/c1-8-4-9(16-10(5-8)22-13(25-3)7-21-16)18-23-17-12(26-18)6-11(24-2)15(20)14(17)19/h4-7H,1-3H3. The minimum absolute atomic E-state index is 0.0495. The Kier molecular flexibility index (Phi) is 4.13. The molecule has 0 spiro atoms. The molecule has 0 radical (unpaired) electrons. The summed E-state index contributed by atoms with van der Waals surface area (Å²) in [6, 6.07) is 5.50. The number of ether oxygens (including phenoxy) is 2. The van der Waals surface area contributed by atoms with Crippen LogP contribution in [0.4, 0.5) is 4.39 Å². The van der Waals surface area contributed by atoms with Crippen LogP contribution in [0.5, 0.6) is 11.6 Å². The van der Waals surface area contributed by atoms with E-state index in [1.807, 2.05) is 19.1 Å². The molecule has 2 aromatic heterocycles. The molecule has 0 N–H and O–H groups in total. The van der Waals surface area contributed by atoms with Crippen molar-refractivity contribution in [3.63, 3.8) is 0 Å². The molecule has 4 rings (SSSR count). The van der Waals surface area contributed by atoms with Crippen LogP contribution in [-0.4, -0.2) is 29.2 Å². The van der Waals surface area contributed by atoms with Gasteiger partial charge in [-0.2, -0.15) is 0 Å². The van der Waals surface area contributed by atoms with Gasteiger partial charge in [0, 0.05) is 11.6 Å². The van der Waals surface area contributed by atoms with Gasteiger partial charge in [-0.05, 0) is 24.6 Å². The Labute approximate surface area is 157 Å². The summed E-state index contributed by atoms with van der Waals surface area (Å²) in [6.07, 6.45) is 1.56. The maximum absolute atomic E-state index is 14.2. The van der Waals surface area contributed by atoms with E-state index in [0.717, 1.165) is 15.8 Å². The maximum Gasteiger partial charge on any atom is 0.232 e. The molecule has 0 aliphatic carbocycles. The number of aryl methyl sites for hydroxylation is 1. The van der Waals surface area contributed by atoms with Crippen LogP contribution in [0, 0.1) is 12.7 Å². The molecule has 0 saturated carbocycles. The molecule has 132 valence electrons. The van der Waals surface area contributed by atoms with Gasteiger partial charge in [0.15, 0.2) is 11.6 Å². The molecule has 0 unspecified atom stereocenters. The Morgan fingerprint density at radius 2 is 1.88 bits per heavy atom. The van der Waals surface area contributed by atoms with Crippen LogP contribution in [0.25, 0.3) is 31.8 Å². The van der Waals surface area contributed by atoms with Crippen molar-refractivity contribution < 1.29 is 13.9 Å². The van der Waals surface area contributed by atoms with E-state index in [1.165, 1.54) is 18.4 Å². The summed E-state index contributed by atoms with van der Waals surface area (Å²) in [5, 5.41) is 0.634. The van der Waals surface area contributed by atoms with E-state index < -0.39 is 5.82 Å². The van der Waals surface area contributed by atoms with E-state index in [4.69, 9.17) is 21.1 Å². The Hall–Kier alpha value is -2.51. The molecule has 8 heteroatoms. The largest absolute Gasteiger partial charge is 0.494 e. The summed E-state index contributed by atoms with van der Waals surface area (Å²) in [4.78, 5) is 13.4. The zero-order chi connectivity index (χ0) is 18.4. The number of hydrogen-bond acceptors (Lipinski definition) is 6. The summed E-state index contributed by atoms with van der Waals surface area (Å²) in [6.45, 7) is 1.97. The number of hydrogen-bond donors (Lipinski definition) is 0. The number of nitrogens with zero attached hydrogens (tertiary/aromatic N) is 3. The summed E-state index contributed by atoms with van der Waals surface area (Å²) < 4.78 is 25.1. The van der Waals surface area contributed by atoms with Crippen LogP contribution >= 0.6 is 22.9 Å². The first kappa shape index (κ1) is 16.9. The summed E-state index contributed by atoms with van der Waals surface area (Å²) >= 11 is 7.54. The topological polar surface area (TPSA) is 57.1 Å². The molecular formula is C18H13ClFN3O2S. The highest BCUT2D eigenvalue weighted by Gasteiger charge is 2.19. The third kappa shape index (κ3) is 2.64. The van der Waals surface area contributed by atoms with Crippen LogP contribution in [0.2, 0.25) is 5.02 Å². The van der Waals surface area contributed by atoms with Gasteiger partial charge in [0.1, 0.15) is 15.5 Å². The first-order valence-corrected chi connectivity index (χ1v) is 8.85. The summed E-state index contributed by atoms with van der Waals surface area (Å²) in [7, 11) is 2.95. The van der Waals surface area contributed by atoms with Gasteiger partial charge in [-0.1, -0.05) is 11.6 Å². The highest BCUT2D eigenvalue weighted by molar-refractivity contribution is 7.21. The molecule has 2 aromatic carbocycles. The second kappa shape index (κ2) is 6.34. The van der Waals surface area contributed by atoms with Crippen molar-refractivity contribution in [3.05, 3.63) is 40.8 Å². The van der Waals surface area contributed by atoms with Crippen LogP contribution in [0.3, 0.4) is 0 Å². The first-order valence-electron chi connectivity index (χ1n) is 7.66. The Morgan fingerprint density at radius 1 is 1.08 bits per heavy atom. The third-order valence-corrected chi connectivity index (χ3v) is 5.34. The molecule has 26 heavy (non-hydrogen) atoms. The van der Waals surface area contributed by atoms with Gasteiger partial charge in [-0.25, -0.2) is 19.3 Å². The molecule has 5 nitrogen and oxygen atoms in total. The lowest BCUT2D eigenvalue weighted by atomic mass is 10.1. The van der Waals surface area contributed by atoms with Gasteiger partial charge >= 0.3 is 0 Å². The molecule has 4 aromatic rings. The van der Waals surface area contributed by atoms with E-state index in [-0.39, 0.29) is 10.8 Å². The van der Waals surface area contributed by atoms with Gasteiger partial charge in [0.2, 0.25) is 5.88 Å². The molecule has 0 bridgehead atoms. The Bertz CT molecular complexity index is 1160. The van der Waals surface area contributed by atoms with Crippen molar-refractivity contribution in [2.24, 2.45) is 0 Å². The van der Waals surface area contributed by atoms with Crippen LogP contribution in [0.1, 0.15) is 5.56 Å². The fourth-order valence-electron chi connectivity index (χ4n) is 2.75. The quantitative estimate of drug-likeness (QED) is 0.492. The van der Waals surface area contributed by atoms with E-state index in [9.17, 15) is 4.39 Å². The fraction of sp³-hybridized carbons (Fsp3) is 0.167. The molecule has 2 heterocycles. The Balaban J connectivity index is 1.99. The number of benzene rings is 2. The second-order valence-corrected chi connectivity index (χ2v) is 7.07. The number of rotatable bonds is 3. The number of methoxy groups -OCH3 is 2. The van der Waals surface area contributed by atoms with Crippen molar-refractivity contribution >= 4 is 44.2 Å². The molecule has 0 aliphatic heterocycles. The van der Waals surface area contributed by atoms with Crippen molar-refractivity contribution in [2.75, 3.05) is 14.2 Å². The van der Waals surface area contributed by atoms with E-state index in [0.29, 0.717) is 27.4 Å². The van der Waals surface area contributed by atoms with Gasteiger partial charge in [-0.15, -0.1) is 11.3 Å². The van der Waals surface area contributed by atoms with Crippen molar-refractivity contribution in [3.8, 4) is 22.2 Å². The average molecular weight is 390 g/mol. The number of thiazole rings is 1. The van der Waals surface area contributed by atoms with Gasteiger partial charge in [-0.3, -0.25) is 0 Å². The van der Waals surface area contributed by atoms with Crippen LogP contribution < -0.4 is 9.47 Å². The minimum atomic E-state index is -0.614. The SMILES string of the molecule is COc1cnc2c(-c3nc4c(Cl)c(F)c(OC)cc4s3)cc(C)cc2n1. The van der Waals surface area contributed by atoms with Gasteiger partial charge in [0.05, 0.1) is 36.1 Å². The second-order valence-electron chi connectivity index (χ2n) is 5.67. The van der Waals surface area contributed by atoms with E-state index in [2.05, 4.69) is 15.0 Å². The monoisotopic (exact) mass is 389 g/mol. The van der Waals surface area contributed by atoms with E-state index >= 15 is 0 Å². The average Bonchev–Trinajstić information content (AvgIpc) is 3.07.